The predicted octanol–water partition coefficient (Wildman–Crippen LogP) is 2.78. The Hall–Kier alpha value is -2.89. The van der Waals surface area contributed by atoms with Crippen molar-refractivity contribution in [2.24, 2.45) is 0 Å². The van der Waals surface area contributed by atoms with Gasteiger partial charge in [-0.3, -0.25) is 0 Å². The monoisotopic (exact) mass is 289 g/mol. The summed E-state index contributed by atoms with van der Waals surface area (Å²) in [7, 11) is 3.02. The van der Waals surface area contributed by atoms with Crippen molar-refractivity contribution in [1.29, 1.82) is 0 Å². The lowest BCUT2D eigenvalue weighted by Gasteiger charge is -2.15. The van der Waals surface area contributed by atoms with Crippen LogP contribution in [0.1, 0.15) is 10.4 Å². The first-order chi connectivity index (χ1) is 10.1. The van der Waals surface area contributed by atoms with Crippen molar-refractivity contribution in [3.8, 4) is 23.0 Å². The highest BCUT2D eigenvalue weighted by molar-refractivity contribution is 5.89. The summed E-state index contributed by atoms with van der Waals surface area (Å²) >= 11 is 0. The number of nitrogen functional groups attached to an aromatic ring is 1. The number of carbonyl (C=O) groups is 1. The molecule has 110 valence electrons. The van der Waals surface area contributed by atoms with Gasteiger partial charge in [0.2, 0.25) is 5.75 Å². The first kappa shape index (κ1) is 14.5. The third kappa shape index (κ3) is 3.00. The van der Waals surface area contributed by atoms with E-state index in [0.717, 1.165) is 0 Å². The van der Waals surface area contributed by atoms with Gasteiger partial charge in [-0.1, -0.05) is 6.07 Å². The molecule has 0 spiro atoms. The molecule has 0 unspecified atom stereocenters. The Kier molecular flexibility index (Phi) is 4.18. The van der Waals surface area contributed by atoms with Crippen molar-refractivity contribution >= 4 is 11.7 Å². The zero-order chi connectivity index (χ0) is 15.4. The molecular weight excluding hydrogens is 274 g/mol. The summed E-state index contributed by atoms with van der Waals surface area (Å²) in [6.45, 7) is 0. The summed E-state index contributed by atoms with van der Waals surface area (Å²) in [6.07, 6.45) is 0. The zero-order valence-corrected chi connectivity index (χ0v) is 11.6. The summed E-state index contributed by atoms with van der Waals surface area (Å²) in [6, 6.07) is 9.45. The average Bonchev–Trinajstić information content (AvgIpc) is 2.49. The molecule has 0 aliphatic rings. The van der Waals surface area contributed by atoms with Crippen molar-refractivity contribution < 1.29 is 24.1 Å². The van der Waals surface area contributed by atoms with Crippen LogP contribution in [0.15, 0.2) is 36.4 Å². The first-order valence-electron chi connectivity index (χ1n) is 6.08. The number of para-hydroxylation sites is 1. The van der Waals surface area contributed by atoms with E-state index < -0.39 is 5.97 Å². The third-order valence-electron chi connectivity index (χ3n) is 2.85. The van der Waals surface area contributed by atoms with E-state index in [1.54, 1.807) is 18.2 Å². The molecule has 0 radical (unpaired) electrons. The highest BCUT2D eigenvalue weighted by Crippen LogP contribution is 2.41. The normalized spacial score (nSPS) is 10.0. The molecule has 0 amide bonds. The van der Waals surface area contributed by atoms with Crippen LogP contribution >= 0.6 is 0 Å². The second-order valence-corrected chi connectivity index (χ2v) is 4.15. The van der Waals surface area contributed by atoms with Gasteiger partial charge in [0.05, 0.1) is 25.5 Å². The van der Waals surface area contributed by atoms with Crippen molar-refractivity contribution in [3.05, 3.63) is 42.0 Å². The largest absolute Gasteiger partial charge is 0.493 e. The zero-order valence-electron chi connectivity index (χ0n) is 11.6. The van der Waals surface area contributed by atoms with E-state index in [1.807, 2.05) is 0 Å². The Morgan fingerprint density at radius 3 is 2.14 bits per heavy atom. The molecule has 3 N–H and O–H groups in total. The van der Waals surface area contributed by atoms with Gasteiger partial charge in [0.15, 0.2) is 17.2 Å². The van der Waals surface area contributed by atoms with E-state index in [0.29, 0.717) is 23.0 Å². The first-order valence-corrected chi connectivity index (χ1v) is 6.08. The van der Waals surface area contributed by atoms with Crippen LogP contribution in [0.3, 0.4) is 0 Å². The number of ether oxygens (including phenoxy) is 3. The lowest BCUT2D eigenvalue weighted by Crippen LogP contribution is -2.00. The Balaban J connectivity index is 2.40. The predicted molar refractivity (Wildman–Crippen MR) is 77.4 cm³/mol. The van der Waals surface area contributed by atoms with Crippen molar-refractivity contribution in [2.45, 2.75) is 0 Å². The number of rotatable bonds is 5. The number of carboxylic acids is 1. The van der Waals surface area contributed by atoms with Crippen LogP contribution < -0.4 is 19.9 Å². The van der Waals surface area contributed by atoms with E-state index in [2.05, 4.69) is 0 Å². The molecular formula is C15H15NO5. The number of hydrogen-bond donors (Lipinski definition) is 2. The van der Waals surface area contributed by atoms with Crippen molar-refractivity contribution in [1.82, 2.24) is 0 Å². The highest BCUT2D eigenvalue weighted by Gasteiger charge is 2.15. The lowest BCUT2D eigenvalue weighted by molar-refractivity contribution is 0.0697. The van der Waals surface area contributed by atoms with Crippen LogP contribution in [0.4, 0.5) is 5.69 Å². The van der Waals surface area contributed by atoms with Gasteiger partial charge in [0.25, 0.3) is 0 Å². The Labute approximate surface area is 121 Å². The number of anilines is 1. The Morgan fingerprint density at radius 2 is 1.67 bits per heavy atom. The van der Waals surface area contributed by atoms with Crippen LogP contribution in [0.25, 0.3) is 0 Å². The Bertz CT molecular complexity index is 647. The van der Waals surface area contributed by atoms with Crippen LogP contribution in [0.5, 0.6) is 23.0 Å². The summed E-state index contributed by atoms with van der Waals surface area (Å²) in [5, 5.41) is 8.92. The van der Waals surface area contributed by atoms with Crippen LogP contribution in [0, 0.1) is 0 Å². The third-order valence-corrected chi connectivity index (χ3v) is 2.85. The molecule has 6 heteroatoms. The summed E-state index contributed by atoms with van der Waals surface area (Å²) in [4.78, 5) is 10.9. The second-order valence-electron chi connectivity index (χ2n) is 4.15. The minimum atomic E-state index is -1.05. The number of carboxylic acid groups (broad SMARTS) is 1. The summed E-state index contributed by atoms with van der Waals surface area (Å²) in [5.74, 6) is 0.607. The molecule has 0 aromatic heterocycles. The van der Waals surface area contributed by atoms with Crippen LogP contribution in [-0.4, -0.2) is 25.3 Å². The lowest BCUT2D eigenvalue weighted by atomic mass is 10.2. The van der Waals surface area contributed by atoms with E-state index in [4.69, 9.17) is 25.1 Å². The fourth-order valence-corrected chi connectivity index (χ4v) is 1.80. The maximum absolute atomic E-state index is 10.9. The maximum atomic E-state index is 10.9. The number of methoxy groups -OCH3 is 2. The fraction of sp³-hybridized carbons (Fsp3) is 0.133. The molecule has 2 rings (SSSR count). The maximum Gasteiger partial charge on any atom is 0.335 e. The van der Waals surface area contributed by atoms with Gasteiger partial charge >= 0.3 is 5.97 Å². The molecule has 0 atom stereocenters. The molecule has 0 saturated heterocycles. The van der Waals surface area contributed by atoms with Crippen LogP contribution in [0.2, 0.25) is 0 Å². The van der Waals surface area contributed by atoms with E-state index in [9.17, 15) is 4.79 Å². The number of benzene rings is 2. The molecule has 0 fully saturated rings. The molecule has 2 aromatic rings. The van der Waals surface area contributed by atoms with Crippen molar-refractivity contribution in [2.75, 3.05) is 20.0 Å². The van der Waals surface area contributed by atoms with Gasteiger partial charge in [0, 0.05) is 0 Å². The van der Waals surface area contributed by atoms with E-state index in [-0.39, 0.29) is 11.3 Å². The van der Waals surface area contributed by atoms with Gasteiger partial charge < -0.3 is 25.1 Å². The molecule has 0 saturated carbocycles. The molecule has 0 heterocycles. The van der Waals surface area contributed by atoms with E-state index >= 15 is 0 Å². The summed E-state index contributed by atoms with van der Waals surface area (Å²) in [5.41, 5.74) is 6.12. The molecule has 0 bridgehead atoms. The van der Waals surface area contributed by atoms with Gasteiger partial charge in [0.1, 0.15) is 0 Å². The number of hydrogen-bond acceptors (Lipinski definition) is 5. The second kappa shape index (κ2) is 6.04. The minimum absolute atomic E-state index is 0.0897. The average molecular weight is 289 g/mol. The summed E-state index contributed by atoms with van der Waals surface area (Å²) < 4.78 is 16.2. The quantitative estimate of drug-likeness (QED) is 0.822. The highest BCUT2D eigenvalue weighted by atomic mass is 16.5. The Morgan fingerprint density at radius 1 is 1.05 bits per heavy atom. The molecule has 21 heavy (non-hydrogen) atoms. The van der Waals surface area contributed by atoms with Gasteiger partial charge in [-0.05, 0) is 30.3 Å². The number of nitrogens with two attached hydrogens (primary N) is 1. The minimum Gasteiger partial charge on any atom is -0.493 e. The van der Waals surface area contributed by atoms with Gasteiger partial charge in [-0.2, -0.15) is 0 Å². The molecule has 0 aliphatic heterocycles. The fourth-order valence-electron chi connectivity index (χ4n) is 1.80. The molecule has 2 aromatic carbocycles. The number of aromatic carboxylic acids is 1. The standard InChI is InChI=1S/C15H15NO5/c1-19-12-4-3-5-13(20-2)14(12)21-11-7-6-9(15(17)18)8-10(11)16/h3-8H,16H2,1-2H3,(H,17,18). The van der Waals surface area contributed by atoms with Crippen molar-refractivity contribution in [3.63, 3.8) is 0 Å². The molecule has 6 nitrogen and oxygen atoms in total. The van der Waals surface area contributed by atoms with E-state index in [1.165, 1.54) is 32.4 Å². The SMILES string of the molecule is COc1cccc(OC)c1Oc1ccc(C(=O)O)cc1N. The van der Waals surface area contributed by atoms with Gasteiger partial charge in [-0.15, -0.1) is 0 Å². The molecule has 0 aliphatic carbocycles. The topological polar surface area (TPSA) is 91.0 Å². The van der Waals surface area contributed by atoms with Gasteiger partial charge in [-0.25, -0.2) is 4.79 Å². The van der Waals surface area contributed by atoms with Crippen LogP contribution in [-0.2, 0) is 0 Å². The smallest absolute Gasteiger partial charge is 0.335 e.